The number of benzene rings is 2. The van der Waals surface area contributed by atoms with Gasteiger partial charge in [-0.05, 0) is 54.7 Å². The molecule has 0 amide bonds. The van der Waals surface area contributed by atoms with Crippen LogP contribution in [0.15, 0.2) is 41.2 Å². The largest absolute Gasteiger partial charge is 0.494 e. The van der Waals surface area contributed by atoms with E-state index in [0.29, 0.717) is 21.9 Å². The number of nitrogens with zero attached hydrogens (tertiary/aromatic N) is 1. The quantitative estimate of drug-likeness (QED) is 0.517. The number of H-pyrrole nitrogens is 1. The van der Waals surface area contributed by atoms with Crippen LogP contribution in [0.2, 0.25) is 0 Å². The van der Waals surface area contributed by atoms with Crippen molar-refractivity contribution >= 4 is 17.0 Å². The van der Waals surface area contributed by atoms with Gasteiger partial charge in [0, 0.05) is 18.1 Å². The van der Waals surface area contributed by atoms with Gasteiger partial charge in [0.15, 0.2) is 0 Å². The van der Waals surface area contributed by atoms with Crippen molar-refractivity contribution in [3.8, 4) is 17.4 Å². The van der Waals surface area contributed by atoms with Crippen molar-refractivity contribution in [2.45, 2.75) is 25.7 Å². The number of aryl methyl sites for hydroxylation is 2. The number of nitro benzene ring substituents is 1. The second-order valence-corrected chi connectivity index (χ2v) is 7.50. The number of aromatic hydroxyl groups is 1. The van der Waals surface area contributed by atoms with Crippen molar-refractivity contribution in [1.82, 2.24) is 4.98 Å². The molecule has 1 aliphatic rings. The van der Waals surface area contributed by atoms with Gasteiger partial charge in [-0.3, -0.25) is 19.9 Å². The van der Waals surface area contributed by atoms with Crippen LogP contribution in [0, 0.1) is 17.0 Å². The minimum atomic E-state index is -0.433. The Labute approximate surface area is 158 Å². The highest BCUT2D eigenvalue weighted by atomic mass is 32.1. The Balaban J connectivity index is 1.60. The summed E-state index contributed by atoms with van der Waals surface area (Å²) in [6, 6.07) is 10.2. The van der Waals surface area contributed by atoms with Crippen LogP contribution in [0.5, 0.6) is 17.4 Å². The Morgan fingerprint density at radius 3 is 2.78 bits per heavy atom. The van der Waals surface area contributed by atoms with Crippen LogP contribution in [0.1, 0.15) is 33.9 Å². The number of non-ortho nitro benzene ring substituents is 1. The summed E-state index contributed by atoms with van der Waals surface area (Å²) in [4.78, 5) is 24.7. The maximum atomic E-state index is 11.5. The highest BCUT2D eigenvalue weighted by molar-refractivity contribution is 7.09. The predicted octanol–water partition coefficient (Wildman–Crippen LogP) is 4.23. The minimum Gasteiger partial charge on any atom is -0.494 e. The zero-order chi connectivity index (χ0) is 19.1. The van der Waals surface area contributed by atoms with Gasteiger partial charge in [-0.1, -0.05) is 17.4 Å². The second-order valence-electron chi connectivity index (χ2n) is 6.49. The van der Waals surface area contributed by atoms with E-state index in [9.17, 15) is 20.0 Å². The third-order valence-electron chi connectivity index (χ3n) is 4.76. The highest BCUT2D eigenvalue weighted by Crippen LogP contribution is 2.43. The lowest BCUT2D eigenvalue weighted by Gasteiger charge is -2.12. The molecule has 8 heteroatoms. The molecule has 7 nitrogen and oxygen atoms in total. The maximum absolute atomic E-state index is 11.5. The van der Waals surface area contributed by atoms with E-state index in [1.165, 1.54) is 12.1 Å². The first-order valence-electron chi connectivity index (χ1n) is 8.40. The molecule has 138 valence electrons. The molecule has 0 bridgehead atoms. The SMILES string of the molecule is Cc1cc([N+](=O)[O-])ccc1Oc1ccc2c(c1)CC[C@H]2c1sc(=O)[nH]c1O. The average Bonchev–Trinajstić information content (AvgIpc) is 3.18. The number of rotatable bonds is 4. The van der Waals surface area contributed by atoms with E-state index in [4.69, 9.17) is 4.74 Å². The fourth-order valence-corrected chi connectivity index (χ4v) is 4.37. The standard InChI is InChI=1S/C19H16N2O5S/c1-10-8-12(21(24)25)3-7-16(10)26-13-4-6-14-11(9-13)2-5-15(14)17-18(22)20-19(23)27-17/h3-4,6-9,15,22H,2,5H2,1H3,(H,20,23)/t15-/m1/s1. The molecule has 0 saturated heterocycles. The summed E-state index contributed by atoms with van der Waals surface area (Å²) in [5.41, 5.74) is 2.90. The predicted molar refractivity (Wildman–Crippen MR) is 101 cm³/mol. The zero-order valence-electron chi connectivity index (χ0n) is 14.4. The van der Waals surface area contributed by atoms with Gasteiger partial charge in [0.05, 0.1) is 9.80 Å². The van der Waals surface area contributed by atoms with Crippen LogP contribution in [0.25, 0.3) is 0 Å². The van der Waals surface area contributed by atoms with E-state index in [0.717, 1.165) is 35.3 Å². The summed E-state index contributed by atoms with van der Waals surface area (Å²) < 4.78 is 5.91. The lowest BCUT2D eigenvalue weighted by Crippen LogP contribution is -1.95. The normalized spacial score (nSPS) is 15.5. The summed E-state index contributed by atoms with van der Waals surface area (Å²) >= 11 is 1.04. The lowest BCUT2D eigenvalue weighted by atomic mass is 10.00. The summed E-state index contributed by atoms with van der Waals surface area (Å²) in [6.45, 7) is 1.77. The van der Waals surface area contributed by atoms with Gasteiger partial charge in [-0.2, -0.15) is 0 Å². The fraction of sp³-hybridized carbons (Fsp3) is 0.211. The summed E-state index contributed by atoms with van der Waals surface area (Å²) in [5, 5.41) is 20.8. The van der Waals surface area contributed by atoms with E-state index in [-0.39, 0.29) is 22.4 Å². The summed E-state index contributed by atoms with van der Waals surface area (Å²) in [7, 11) is 0. The minimum absolute atomic E-state index is 0.000823. The highest BCUT2D eigenvalue weighted by Gasteiger charge is 2.28. The van der Waals surface area contributed by atoms with Crippen LogP contribution in [-0.2, 0) is 6.42 Å². The average molecular weight is 384 g/mol. The van der Waals surface area contributed by atoms with Crippen molar-refractivity contribution in [3.05, 3.63) is 77.7 Å². The van der Waals surface area contributed by atoms with E-state index >= 15 is 0 Å². The molecule has 0 radical (unpaired) electrons. The number of aromatic nitrogens is 1. The van der Waals surface area contributed by atoms with E-state index in [1.54, 1.807) is 13.0 Å². The van der Waals surface area contributed by atoms with Gasteiger partial charge in [0.25, 0.3) is 5.69 Å². The van der Waals surface area contributed by atoms with Crippen LogP contribution in [0.4, 0.5) is 5.69 Å². The van der Waals surface area contributed by atoms with Crippen molar-refractivity contribution < 1.29 is 14.8 Å². The second kappa shape index (κ2) is 6.55. The molecule has 1 heterocycles. The van der Waals surface area contributed by atoms with Gasteiger partial charge < -0.3 is 9.84 Å². The third-order valence-corrected chi connectivity index (χ3v) is 5.75. The molecular weight excluding hydrogens is 368 g/mol. The van der Waals surface area contributed by atoms with Gasteiger partial charge in [-0.25, -0.2) is 0 Å². The van der Waals surface area contributed by atoms with Crippen LogP contribution in [0.3, 0.4) is 0 Å². The Morgan fingerprint density at radius 2 is 2.11 bits per heavy atom. The summed E-state index contributed by atoms with van der Waals surface area (Å²) in [5.74, 6) is 1.17. The first kappa shape index (κ1) is 17.3. The molecule has 1 aliphatic carbocycles. The number of aromatic amines is 1. The number of ether oxygens (including phenoxy) is 1. The smallest absolute Gasteiger partial charge is 0.307 e. The van der Waals surface area contributed by atoms with Crippen molar-refractivity contribution in [3.63, 3.8) is 0 Å². The van der Waals surface area contributed by atoms with Gasteiger partial charge in [0.2, 0.25) is 5.88 Å². The molecule has 0 saturated carbocycles. The molecule has 0 aliphatic heterocycles. The molecule has 0 unspecified atom stereocenters. The molecule has 4 rings (SSSR count). The molecule has 2 N–H and O–H groups in total. The first-order valence-corrected chi connectivity index (χ1v) is 9.21. The molecule has 1 atom stereocenters. The number of nitro groups is 1. The molecule has 0 fully saturated rings. The topological polar surface area (TPSA) is 105 Å². The van der Waals surface area contributed by atoms with Crippen molar-refractivity contribution in [2.24, 2.45) is 0 Å². The van der Waals surface area contributed by atoms with Crippen molar-refractivity contribution in [2.75, 3.05) is 0 Å². The van der Waals surface area contributed by atoms with E-state index in [2.05, 4.69) is 4.98 Å². The zero-order valence-corrected chi connectivity index (χ0v) is 15.2. The van der Waals surface area contributed by atoms with Gasteiger partial charge >= 0.3 is 4.87 Å². The molecule has 0 spiro atoms. The maximum Gasteiger partial charge on any atom is 0.307 e. The molecule has 3 aromatic rings. The van der Waals surface area contributed by atoms with Crippen molar-refractivity contribution in [1.29, 1.82) is 0 Å². The number of hydrogen-bond donors (Lipinski definition) is 2. The van der Waals surface area contributed by atoms with E-state index < -0.39 is 4.92 Å². The van der Waals surface area contributed by atoms with Crippen LogP contribution in [-0.4, -0.2) is 15.0 Å². The molecule has 1 aromatic heterocycles. The van der Waals surface area contributed by atoms with Gasteiger partial charge in [0.1, 0.15) is 11.5 Å². The summed E-state index contributed by atoms with van der Waals surface area (Å²) in [6.07, 6.45) is 1.64. The van der Waals surface area contributed by atoms with Crippen LogP contribution >= 0.6 is 11.3 Å². The molecule has 2 aromatic carbocycles. The molecular formula is C19H16N2O5S. The number of hydrogen-bond acceptors (Lipinski definition) is 6. The van der Waals surface area contributed by atoms with E-state index in [1.807, 2.05) is 18.2 Å². The first-order chi connectivity index (χ1) is 12.9. The number of fused-ring (bicyclic) bond motifs is 1. The Bertz CT molecular complexity index is 1100. The number of thiazole rings is 1. The fourth-order valence-electron chi connectivity index (χ4n) is 3.49. The molecule has 27 heavy (non-hydrogen) atoms. The monoisotopic (exact) mass is 384 g/mol. The Kier molecular flexibility index (Phi) is 4.19. The van der Waals surface area contributed by atoms with Gasteiger partial charge in [-0.15, -0.1) is 0 Å². The van der Waals surface area contributed by atoms with Crippen LogP contribution < -0.4 is 9.61 Å². The third kappa shape index (κ3) is 3.19. The number of nitrogens with one attached hydrogen (secondary N) is 1. The Hall–Kier alpha value is -3.13. The lowest BCUT2D eigenvalue weighted by molar-refractivity contribution is -0.384. The Morgan fingerprint density at radius 1 is 1.30 bits per heavy atom.